The predicted octanol–water partition coefficient (Wildman–Crippen LogP) is 6.29. The summed E-state index contributed by atoms with van der Waals surface area (Å²) in [7, 11) is 0. The van der Waals surface area contributed by atoms with Crippen LogP contribution in [-0.4, -0.2) is 35.2 Å². The van der Waals surface area contributed by atoms with E-state index in [2.05, 4.69) is 46.8 Å². The van der Waals surface area contributed by atoms with E-state index in [9.17, 15) is 9.59 Å². The molecule has 0 aliphatic rings. The van der Waals surface area contributed by atoms with E-state index in [0.717, 1.165) is 28.8 Å². The van der Waals surface area contributed by atoms with Crippen molar-refractivity contribution < 1.29 is 18.8 Å². The van der Waals surface area contributed by atoms with Crippen molar-refractivity contribution in [1.29, 1.82) is 0 Å². The minimum Gasteiger partial charge on any atom is -0.466 e. The molecule has 1 heterocycles. The Labute approximate surface area is 228 Å². The molecule has 2 unspecified atom stereocenters. The van der Waals surface area contributed by atoms with E-state index in [1.807, 2.05) is 54.6 Å². The molecule has 0 saturated carbocycles. The zero-order valence-corrected chi connectivity index (χ0v) is 22.5. The van der Waals surface area contributed by atoms with E-state index in [0.29, 0.717) is 29.8 Å². The molecule has 1 aromatic heterocycles. The number of benzene rings is 3. The van der Waals surface area contributed by atoms with Gasteiger partial charge in [-0.15, -0.1) is 0 Å². The topological polar surface area (TPSA) is 106 Å². The molecule has 0 fully saturated rings. The Kier molecular flexibility index (Phi) is 9.45. The number of nitrogens with zero attached hydrogens (tertiary/aromatic N) is 2. The van der Waals surface area contributed by atoms with Crippen molar-refractivity contribution >= 4 is 17.6 Å². The van der Waals surface area contributed by atoms with E-state index in [-0.39, 0.29) is 30.9 Å². The lowest BCUT2D eigenvalue weighted by Gasteiger charge is -2.26. The van der Waals surface area contributed by atoms with Crippen LogP contribution in [0.5, 0.6) is 0 Å². The van der Waals surface area contributed by atoms with Gasteiger partial charge in [-0.1, -0.05) is 67.9 Å². The number of carbonyl (C=O) groups is 2. The molecule has 39 heavy (non-hydrogen) atoms. The highest BCUT2D eigenvalue weighted by Crippen LogP contribution is 2.31. The summed E-state index contributed by atoms with van der Waals surface area (Å²) in [6.07, 6.45) is 1.14. The van der Waals surface area contributed by atoms with Gasteiger partial charge in [0.1, 0.15) is 0 Å². The van der Waals surface area contributed by atoms with Gasteiger partial charge in [-0.25, -0.2) is 0 Å². The molecule has 4 rings (SSSR count). The van der Waals surface area contributed by atoms with Crippen LogP contribution in [0.2, 0.25) is 0 Å². The number of amides is 1. The average molecular weight is 527 g/mol. The lowest BCUT2D eigenvalue weighted by Crippen LogP contribution is -2.26. The van der Waals surface area contributed by atoms with Crippen LogP contribution in [0.3, 0.4) is 0 Å². The van der Waals surface area contributed by atoms with Crippen molar-refractivity contribution in [3.63, 3.8) is 0 Å². The first kappa shape index (κ1) is 27.6. The Morgan fingerprint density at radius 3 is 2.31 bits per heavy atom. The maximum absolute atomic E-state index is 12.4. The zero-order valence-electron chi connectivity index (χ0n) is 22.5. The lowest BCUT2D eigenvalue weighted by atomic mass is 9.91. The van der Waals surface area contributed by atoms with Crippen LogP contribution in [-0.2, 0) is 9.53 Å². The quantitative estimate of drug-likeness (QED) is 0.209. The highest BCUT2D eigenvalue weighted by atomic mass is 16.5. The fourth-order valence-corrected chi connectivity index (χ4v) is 4.18. The molecule has 202 valence electrons. The Hall–Kier alpha value is -4.46. The molecule has 0 saturated heterocycles. The van der Waals surface area contributed by atoms with Crippen molar-refractivity contribution in [1.82, 2.24) is 15.5 Å². The summed E-state index contributed by atoms with van der Waals surface area (Å²) in [6, 6.07) is 25.3. The molecule has 1 amide bonds. The van der Waals surface area contributed by atoms with Crippen LogP contribution in [0.4, 0.5) is 5.69 Å². The molecule has 0 aliphatic carbocycles. The van der Waals surface area contributed by atoms with Crippen molar-refractivity contribution in [3.8, 4) is 22.8 Å². The molecule has 2 N–H and O–H groups in total. The summed E-state index contributed by atoms with van der Waals surface area (Å²) in [4.78, 5) is 28.4. The van der Waals surface area contributed by atoms with Gasteiger partial charge in [-0.3, -0.25) is 9.59 Å². The third-order valence-electron chi connectivity index (χ3n) is 6.58. The van der Waals surface area contributed by atoms with E-state index >= 15 is 0 Å². The second-order valence-corrected chi connectivity index (χ2v) is 9.31. The Balaban J connectivity index is 1.41. The molecule has 2 atom stereocenters. The summed E-state index contributed by atoms with van der Waals surface area (Å²) >= 11 is 0. The van der Waals surface area contributed by atoms with Crippen molar-refractivity contribution in [2.45, 2.75) is 39.7 Å². The van der Waals surface area contributed by atoms with Crippen LogP contribution in [0.15, 0.2) is 83.4 Å². The van der Waals surface area contributed by atoms with Crippen LogP contribution < -0.4 is 10.6 Å². The van der Waals surface area contributed by atoms with Crippen molar-refractivity contribution in [3.05, 3.63) is 90.0 Å². The zero-order chi connectivity index (χ0) is 27.6. The van der Waals surface area contributed by atoms with E-state index in [4.69, 9.17) is 9.26 Å². The summed E-state index contributed by atoms with van der Waals surface area (Å²) in [5, 5.41) is 10.5. The second-order valence-electron chi connectivity index (χ2n) is 9.31. The van der Waals surface area contributed by atoms with Crippen LogP contribution in [0, 0.1) is 5.92 Å². The van der Waals surface area contributed by atoms with E-state index in [1.165, 1.54) is 0 Å². The minimum absolute atomic E-state index is 0.0680. The van der Waals surface area contributed by atoms with Crippen LogP contribution >= 0.6 is 0 Å². The Morgan fingerprint density at radius 1 is 0.923 bits per heavy atom. The molecule has 0 radical (unpaired) electrons. The van der Waals surface area contributed by atoms with Gasteiger partial charge < -0.3 is 19.9 Å². The predicted molar refractivity (Wildman–Crippen MR) is 151 cm³/mol. The first-order chi connectivity index (χ1) is 19.0. The van der Waals surface area contributed by atoms with Gasteiger partial charge in [0, 0.05) is 28.9 Å². The highest BCUT2D eigenvalue weighted by Gasteiger charge is 2.19. The fourth-order valence-electron chi connectivity index (χ4n) is 4.18. The van der Waals surface area contributed by atoms with Gasteiger partial charge in [0.2, 0.25) is 5.82 Å². The first-order valence-corrected chi connectivity index (χ1v) is 13.3. The summed E-state index contributed by atoms with van der Waals surface area (Å²) < 4.78 is 10.3. The number of carbonyl (C=O) groups excluding carboxylic acids is 2. The number of anilines is 1. The van der Waals surface area contributed by atoms with Crippen molar-refractivity contribution in [2.75, 3.05) is 18.5 Å². The molecule has 0 aliphatic heterocycles. The van der Waals surface area contributed by atoms with Crippen LogP contribution in [0.25, 0.3) is 22.8 Å². The minimum atomic E-state index is -0.323. The largest absolute Gasteiger partial charge is 0.466 e. The number of ether oxygens (including phenoxy) is 1. The smallest absolute Gasteiger partial charge is 0.307 e. The van der Waals surface area contributed by atoms with Gasteiger partial charge in [-0.2, -0.15) is 4.98 Å². The highest BCUT2D eigenvalue weighted by molar-refractivity contribution is 5.94. The Bertz CT molecular complexity index is 1350. The van der Waals surface area contributed by atoms with Crippen LogP contribution in [0.1, 0.15) is 55.6 Å². The average Bonchev–Trinajstić information content (AvgIpc) is 3.47. The number of hydrogen-bond acceptors (Lipinski definition) is 7. The van der Waals surface area contributed by atoms with Gasteiger partial charge in [-0.05, 0) is 54.8 Å². The van der Waals surface area contributed by atoms with Gasteiger partial charge in [0.15, 0.2) is 0 Å². The summed E-state index contributed by atoms with van der Waals surface area (Å²) in [6.45, 7) is 6.70. The molecular formula is C31H34N4O4. The number of aromatic nitrogens is 2. The first-order valence-electron chi connectivity index (χ1n) is 13.3. The second kappa shape index (κ2) is 13.4. The van der Waals surface area contributed by atoms with Crippen molar-refractivity contribution in [2.24, 2.45) is 5.92 Å². The maximum Gasteiger partial charge on any atom is 0.307 e. The van der Waals surface area contributed by atoms with Gasteiger partial charge in [0.25, 0.3) is 11.8 Å². The molecular weight excluding hydrogens is 492 g/mol. The normalized spacial score (nSPS) is 12.4. The SMILES string of the molecule is CCOC(=O)CCNC(=O)c1ccc(NC(c2ccc(-c3noc(-c4ccccc4)n3)cc2)C(C)CC)cc1. The number of hydrogen-bond donors (Lipinski definition) is 2. The van der Waals surface area contributed by atoms with Gasteiger partial charge >= 0.3 is 5.97 Å². The molecule has 4 aromatic rings. The van der Waals surface area contributed by atoms with E-state index in [1.54, 1.807) is 19.1 Å². The fraction of sp³-hybridized carbons (Fsp3) is 0.290. The maximum atomic E-state index is 12.4. The monoisotopic (exact) mass is 526 g/mol. The lowest BCUT2D eigenvalue weighted by molar-refractivity contribution is -0.142. The van der Waals surface area contributed by atoms with Gasteiger partial charge in [0.05, 0.1) is 19.1 Å². The molecule has 0 bridgehead atoms. The number of rotatable bonds is 12. The number of esters is 1. The third-order valence-corrected chi connectivity index (χ3v) is 6.58. The summed E-state index contributed by atoms with van der Waals surface area (Å²) in [5.74, 6) is 0.846. The molecule has 8 heteroatoms. The molecule has 3 aromatic carbocycles. The standard InChI is InChI=1S/C31H34N4O4/c1-4-21(3)28(33-26-17-15-24(16-18-26)30(37)32-20-19-27(36)38-5-2)22-11-13-23(14-12-22)29-34-31(39-35-29)25-9-7-6-8-10-25/h6-18,21,28,33H,4-5,19-20H2,1-3H3,(H,32,37). The Morgan fingerprint density at radius 2 is 1.64 bits per heavy atom. The number of nitrogens with one attached hydrogen (secondary N) is 2. The molecule has 8 nitrogen and oxygen atoms in total. The summed E-state index contributed by atoms with van der Waals surface area (Å²) in [5.41, 5.74) is 4.35. The molecule has 0 spiro atoms. The van der Waals surface area contributed by atoms with E-state index < -0.39 is 0 Å². The third kappa shape index (κ3) is 7.31.